The highest BCUT2D eigenvalue weighted by Gasteiger charge is 2.10. The standard InChI is InChI=1S/C16H19N3S/c1-17-13(8-9-14-5-4-10-20-14)11-19-12-18-15-6-2-3-7-16(15)19/h2-7,10,12-13,17H,8-9,11H2,1H3. The van der Waals surface area contributed by atoms with Crippen LogP contribution in [0, 0.1) is 0 Å². The first-order chi connectivity index (χ1) is 9.86. The van der Waals surface area contributed by atoms with Gasteiger partial charge in [0, 0.05) is 17.5 Å². The Balaban J connectivity index is 1.68. The van der Waals surface area contributed by atoms with Crippen LogP contribution in [0.5, 0.6) is 0 Å². The van der Waals surface area contributed by atoms with Crippen molar-refractivity contribution in [3.05, 3.63) is 53.0 Å². The number of likely N-dealkylation sites (N-methyl/N-ethyl adjacent to an activating group) is 1. The van der Waals surface area contributed by atoms with Gasteiger partial charge in [-0.15, -0.1) is 11.3 Å². The van der Waals surface area contributed by atoms with E-state index in [4.69, 9.17) is 0 Å². The number of aromatic nitrogens is 2. The third-order valence-corrected chi connectivity index (χ3v) is 4.61. The van der Waals surface area contributed by atoms with Crippen LogP contribution in [0.3, 0.4) is 0 Å². The predicted octanol–water partition coefficient (Wildman–Crippen LogP) is 3.32. The van der Waals surface area contributed by atoms with Crippen LogP contribution in [0.4, 0.5) is 0 Å². The lowest BCUT2D eigenvalue weighted by Gasteiger charge is -2.17. The van der Waals surface area contributed by atoms with Gasteiger partial charge in [0.05, 0.1) is 17.4 Å². The Kier molecular flexibility index (Phi) is 4.14. The summed E-state index contributed by atoms with van der Waals surface area (Å²) in [5, 5.41) is 5.57. The van der Waals surface area contributed by atoms with Crippen molar-refractivity contribution < 1.29 is 0 Å². The Bertz CT molecular complexity index is 657. The van der Waals surface area contributed by atoms with Crippen LogP contribution in [0.2, 0.25) is 0 Å². The Labute approximate surface area is 123 Å². The molecule has 1 unspecified atom stereocenters. The molecule has 0 bridgehead atoms. The van der Waals surface area contributed by atoms with Gasteiger partial charge in [-0.1, -0.05) is 18.2 Å². The quantitative estimate of drug-likeness (QED) is 0.753. The number of nitrogens with one attached hydrogen (secondary N) is 1. The van der Waals surface area contributed by atoms with Crippen LogP contribution in [0.25, 0.3) is 11.0 Å². The number of para-hydroxylation sites is 2. The van der Waals surface area contributed by atoms with E-state index in [2.05, 4.69) is 50.6 Å². The maximum Gasteiger partial charge on any atom is 0.0958 e. The molecule has 0 amide bonds. The van der Waals surface area contributed by atoms with E-state index >= 15 is 0 Å². The number of imidazole rings is 1. The van der Waals surface area contributed by atoms with E-state index in [1.807, 2.05) is 30.8 Å². The topological polar surface area (TPSA) is 29.9 Å². The third kappa shape index (κ3) is 2.92. The monoisotopic (exact) mass is 285 g/mol. The number of nitrogens with zero attached hydrogens (tertiary/aromatic N) is 2. The Morgan fingerprint density at radius 1 is 1.25 bits per heavy atom. The summed E-state index contributed by atoms with van der Waals surface area (Å²) in [6.07, 6.45) is 4.22. The van der Waals surface area contributed by atoms with E-state index in [0.717, 1.165) is 24.9 Å². The molecule has 3 nitrogen and oxygen atoms in total. The van der Waals surface area contributed by atoms with Crippen molar-refractivity contribution in [2.75, 3.05) is 7.05 Å². The number of thiophene rings is 1. The molecule has 0 aliphatic heterocycles. The molecule has 0 aliphatic rings. The minimum Gasteiger partial charge on any atom is -0.329 e. The van der Waals surface area contributed by atoms with Crippen LogP contribution in [0.1, 0.15) is 11.3 Å². The average molecular weight is 285 g/mol. The SMILES string of the molecule is CNC(CCc1cccs1)Cn1cnc2ccccc21. The van der Waals surface area contributed by atoms with E-state index in [9.17, 15) is 0 Å². The van der Waals surface area contributed by atoms with Gasteiger partial charge in [-0.05, 0) is 43.5 Å². The molecule has 0 radical (unpaired) electrons. The summed E-state index contributed by atoms with van der Waals surface area (Å²) in [5.41, 5.74) is 2.28. The molecule has 2 aromatic heterocycles. The summed E-state index contributed by atoms with van der Waals surface area (Å²) in [7, 11) is 2.04. The Morgan fingerprint density at radius 2 is 2.15 bits per heavy atom. The summed E-state index contributed by atoms with van der Waals surface area (Å²) in [4.78, 5) is 5.91. The van der Waals surface area contributed by atoms with Crippen LogP contribution >= 0.6 is 11.3 Å². The van der Waals surface area contributed by atoms with Crippen molar-refractivity contribution in [2.45, 2.75) is 25.4 Å². The second-order valence-corrected chi connectivity index (χ2v) is 6.02. The third-order valence-electron chi connectivity index (χ3n) is 3.67. The molecule has 0 fully saturated rings. The summed E-state index contributed by atoms with van der Waals surface area (Å²) in [6, 6.07) is 13.1. The molecule has 4 heteroatoms. The first-order valence-electron chi connectivity index (χ1n) is 6.96. The van der Waals surface area contributed by atoms with Gasteiger partial charge in [-0.3, -0.25) is 0 Å². The highest BCUT2D eigenvalue weighted by molar-refractivity contribution is 7.09. The molecule has 3 rings (SSSR count). The molecule has 1 atom stereocenters. The van der Waals surface area contributed by atoms with Crippen LogP contribution in [-0.2, 0) is 13.0 Å². The molecular formula is C16H19N3S. The molecule has 20 heavy (non-hydrogen) atoms. The molecule has 0 saturated carbocycles. The fourth-order valence-electron chi connectivity index (χ4n) is 2.49. The van der Waals surface area contributed by atoms with Crippen molar-refractivity contribution in [3.8, 4) is 0 Å². The van der Waals surface area contributed by atoms with Crippen molar-refractivity contribution in [1.82, 2.24) is 14.9 Å². The number of hydrogen-bond acceptors (Lipinski definition) is 3. The van der Waals surface area contributed by atoms with E-state index in [1.165, 1.54) is 10.4 Å². The minimum atomic E-state index is 0.467. The first kappa shape index (κ1) is 13.3. The van der Waals surface area contributed by atoms with E-state index in [1.54, 1.807) is 0 Å². The number of aryl methyl sites for hydroxylation is 1. The largest absolute Gasteiger partial charge is 0.329 e. The highest BCUT2D eigenvalue weighted by atomic mass is 32.1. The van der Waals surface area contributed by atoms with Crippen molar-refractivity contribution >= 4 is 22.4 Å². The molecule has 0 saturated heterocycles. The zero-order valence-electron chi connectivity index (χ0n) is 11.6. The molecule has 0 aliphatic carbocycles. The van der Waals surface area contributed by atoms with Gasteiger partial charge in [0.2, 0.25) is 0 Å². The fraction of sp³-hybridized carbons (Fsp3) is 0.312. The van der Waals surface area contributed by atoms with Crippen molar-refractivity contribution in [1.29, 1.82) is 0 Å². The van der Waals surface area contributed by atoms with E-state index < -0.39 is 0 Å². The zero-order chi connectivity index (χ0) is 13.8. The van der Waals surface area contributed by atoms with Crippen LogP contribution in [0.15, 0.2) is 48.1 Å². The smallest absolute Gasteiger partial charge is 0.0958 e. The highest BCUT2D eigenvalue weighted by Crippen LogP contribution is 2.15. The lowest BCUT2D eigenvalue weighted by atomic mass is 10.1. The van der Waals surface area contributed by atoms with Gasteiger partial charge >= 0.3 is 0 Å². The second kappa shape index (κ2) is 6.20. The van der Waals surface area contributed by atoms with Crippen LogP contribution < -0.4 is 5.32 Å². The molecule has 104 valence electrons. The first-order valence-corrected chi connectivity index (χ1v) is 7.84. The number of rotatable bonds is 6. The molecule has 1 N–H and O–H groups in total. The molecule has 0 spiro atoms. The summed E-state index contributed by atoms with van der Waals surface area (Å²) < 4.78 is 2.24. The Hall–Kier alpha value is -1.65. The molecule has 2 heterocycles. The fourth-order valence-corrected chi connectivity index (χ4v) is 3.22. The maximum atomic E-state index is 4.45. The van der Waals surface area contributed by atoms with Gasteiger partial charge in [0.25, 0.3) is 0 Å². The van der Waals surface area contributed by atoms with E-state index in [-0.39, 0.29) is 0 Å². The number of fused-ring (bicyclic) bond motifs is 1. The van der Waals surface area contributed by atoms with Gasteiger partial charge in [0.1, 0.15) is 0 Å². The summed E-state index contributed by atoms with van der Waals surface area (Å²) in [5.74, 6) is 0. The van der Waals surface area contributed by atoms with Crippen LogP contribution in [-0.4, -0.2) is 22.6 Å². The van der Waals surface area contributed by atoms with Gasteiger partial charge in [0.15, 0.2) is 0 Å². The molecule has 1 aromatic carbocycles. The lowest BCUT2D eigenvalue weighted by Crippen LogP contribution is -2.30. The normalized spacial score (nSPS) is 12.8. The molecular weight excluding hydrogens is 266 g/mol. The van der Waals surface area contributed by atoms with Crippen molar-refractivity contribution in [2.24, 2.45) is 0 Å². The summed E-state index contributed by atoms with van der Waals surface area (Å²) >= 11 is 1.84. The van der Waals surface area contributed by atoms with E-state index in [0.29, 0.717) is 6.04 Å². The summed E-state index contributed by atoms with van der Waals surface area (Å²) in [6.45, 7) is 0.961. The van der Waals surface area contributed by atoms with Gasteiger partial charge < -0.3 is 9.88 Å². The maximum absolute atomic E-state index is 4.45. The Morgan fingerprint density at radius 3 is 2.95 bits per heavy atom. The second-order valence-electron chi connectivity index (χ2n) is 4.99. The average Bonchev–Trinajstić information content (AvgIpc) is 3.13. The predicted molar refractivity (Wildman–Crippen MR) is 85.2 cm³/mol. The minimum absolute atomic E-state index is 0.467. The number of benzene rings is 1. The lowest BCUT2D eigenvalue weighted by molar-refractivity contribution is 0.460. The van der Waals surface area contributed by atoms with Crippen molar-refractivity contribution in [3.63, 3.8) is 0 Å². The number of hydrogen-bond donors (Lipinski definition) is 1. The molecule has 3 aromatic rings. The van der Waals surface area contributed by atoms with Gasteiger partial charge in [-0.2, -0.15) is 0 Å². The zero-order valence-corrected chi connectivity index (χ0v) is 12.4. The van der Waals surface area contributed by atoms with Gasteiger partial charge in [-0.25, -0.2) is 4.98 Å².